The van der Waals surface area contributed by atoms with Crippen molar-refractivity contribution in [3.63, 3.8) is 0 Å². The molecule has 0 aliphatic heterocycles. The molecule has 2 aromatic rings. The van der Waals surface area contributed by atoms with Crippen LogP contribution < -0.4 is 11.1 Å². The van der Waals surface area contributed by atoms with Gasteiger partial charge < -0.3 is 10.6 Å². The van der Waals surface area contributed by atoms with Crippen molar-refractivity contribution >= 4 is 22.8 Å². The average Bonchev–Trinajstić information content (AvgIpc) is 2.46. The van der Waals surface area contributed by atoms with E-state index in [1.807, 2.05) is 21.0 Å². The molecule has 0 bridgehead atoms. The number of fused-ring (bicyclic) bond motifs is 1. The quantitative estimate of drug-likeness (QED) is 0.485. The Labute approximate surface area is 135 Å². The van der Waals surface area contributed by atoms with Gasteiger partial charge in [-0.25, -0.2) is 14.4 Å². The summed E-state index contributed by atoms with van der Waals surface area (Å²) in [6, 6.07) is 4.45. The predicted octanol–water partition coefficient (Wildman–Crippen LogP) is 2.15. The first-order valence-electron chi connectivity index (χ1n) is 7.61. The van der Waals surface area contributed by atoms with Gasteiger partial charge in [0.15, 0.2) is 5.96 Å². The van der Waals surface area contributed by atoms with Crippen molar-refractivity contribution < 1.29 is 4.39 Å². The summed E-state index contributed by atoms with van der Waals surface area (Å²) in [7, 11) is 4.09. The van der Waals surface area contributed by atoms with E-state index in [1.54, 1.807) is 6.07 Å². The molecule has 0 saturated heterocycles. The smallest absolute Gasteiger partial charge is 0.230 e. The summed E-state index contributed by atoms with van der Waals surface area (Å²) >= 11 is 0. The molecular weight excluding hydrogens is 295 g/mol. The van der Waals surface area contributed by atoms with E-state index >= 15 is 0 Å². The number of nitrogens with two attached hydrogens (primary N) is 1. The van der Waals surface area contributed by atoms with Crippen molar-refractivity contribution in [2.24, 2.45) is 10.7 Å². The van der Waals surface area contributed by atoms with Gasteiger partial charge in [-0.15, -0.1) is 0 Å². The largest absolute Gasteiger partial charge is 0.370 e. The number of benzene rings is 1. The molecule has 0 unspecified atom stereocenters. The van der Waals surface area contributed by atoms with Gasteiger partial charge in [0.1, 0.15) is 5.82 Å². The zero-order valence-corrected chi connectivity index (χ0v) is 13.8. The predicted molar refractivity (Wildman–Crippen MR) is 92.1 cm³/mol. The lowest BCUT2D eigenvalue weighted by Gasteiger charge is -2.09. The normalized spacial score (nSPS) is 12.1. The minimum atomic E-state index is -0.330. The Kier molecular flexibility index (Phi) is 5.81. The van der Waals surface area contributed by atoms with Gasteiger partial charge in [0.25, 0.3) is 0 Å². The Morgan fingerprint density at radius 3 is 2.83 bits per heavy atom. The fourth-order valence-corrected chi connectivity index (χ4v) is 2.21. The van der Waals surface area contributed by atoms with Gasteiger partial charge in [0.05, 0.1) is 11.2 Å². The number of hydrogen-bond donors (Lipinski definition) is 2. The summed E-state index contributed by atoms with van der Waals surface area (Å²) in [6.45, 7) is 3.52. The molecule has 0 fully saturated rings. The highest BCUT2D eigenvalue weighted by Crippen LogP contribution is 2.18. The molecule has 1 aromatic heterocycles. The van der Waals surface area contributed by atoms with Gasteiger partial charge in [0, 0.05) is 18.0 Å². The van der Waals surface area contributed by atoms with E-state index < -0.39 is 0 Å². The van der Waals surface area contributed by atoms with Crippen LogP contribution in [0.3, 0.4) is 0 Å². The second kappa shape index (κ2) is 7.82. The Morgan fingerprint density at radius 2 is 2.09 bits per heavy atom. The third kappa shape index (κ3) is 5.14. The van der Waals surface area contributed by atoms with Crippen molar-refractivity contribution in [1.29, 1.82) is 0 Å². The van der Waals surface area contributed by atoms with Crippen molar-refractivity contribution in [3.8, 4) is 0 Å². The second-order valence-electron chi connectivity index (χ2n) is 5.70. The van der Waals surface area contributed by atoms with Crippen LogP contribution in [0.15, 0.2) is 23.2 Å². The van der Waals surface area contributed by atoms with Crippen LogP contribution in [0.5, 0.6) is 0 Å². The van der Waals surface area contributed by atoms with E-state index in [2.05, 4.69) is 25.2 Å². The van der Waals surface area contributed by atoms with Crippen molar-refractivity contribution in [2.45, 2.75) is 19.8 Å². The average molecular weight is 318 g/mol. The highest BCUT2D eigenvalue weighted by atomic mass is 19.1. The first kappa shape index (κ1) is 17.1. The molecule has 1 heterocycles. The molecule has 1 aromatic carbocycles. The Morgan fingerprint density at radius 1 is 1.30 bits per heavy atom. The minimum Gasteiger partial charge on any atom is -0.370 e. The number of anilines is 1. The standard InChI is InChI=1S/C16H23FN6/c1-11-13-7-6-12(17)10-14(13)21-16(20-11)22-15(18)19-8-4-5-9-23(2)3/h6-7,10H,4-5,8-9H2,1-3H3,(H3,18,19,20,21,22). The molecule has 0 atom stereocenters. The summed E-state index contributed by atoms with van der Waals surface area (Å²) in [4.78, 5) is 15.0. The molecule has 7 heteroatoms. The SMILES string of the molecule is Cc1nc(NC(N)=NCCCCN(C)C)nc2cc(F)ccc12. The second-order valence-corrected chi connectivity index (χ2v) is 5.70. The zero-order chi connectivity index (χ0) is 16.8. The lowest BCUT2D eigenvalue weighted by Crippen LogP contribution is -2.24. The van der Waals surface area contributed by atoms with Crippen LogP contribution in [0.4, 0.5) is 10.3 Å². The number of rotatable bonds is 6. The maximum atomic E-state index is 13.3. The minimum absolute atomic E-state index is 0.269. The first-order valence-corrected chi connectivity index (χ1v) is 7.61. The Balaban J connectivity index is 2.00. The lowest BCUT2D eigenvalue weighted by atomic mass is 10.2. The van der Waals surface area contributed by atoms with E-state index in [0.29, 0.717) is 18.0 Å². The van der Waals surface area contributed by atoms with Gasteiger partial charge in [-0.05, 0) is 52.5 Å². The summed E-state index contributed by atoms with van der Waals surface area (Å²) in [5.41, 5.74) is 7.15. The third-order valence-electron chi connectivity index (χ3n) is 3.38. The number of aryl methyl sites for hydroxylation is 1. The van der Waals surface area contributed by atoms with E-state index in [0.717, 1.165) is 30.5 Å². The fraction of sp³-hybridized carbons (Fsp3) is 0.438. The van der Waals surface area contributed by atoms with Crippen molar-refractivity contribution in [3.05, 3.63) is 29.7 Å². The maximum Gasteiger partial charge on any atom is 0.230 e. The van der Waals surface area contributed by atoms with Crippen LogP contribution in [0, 0.1) is 12.7 Å². The highest BCUT2D eigenvalue weighted by Gasteiger charge is 2.06. The molecule has 0 saturated carbocycles. The van der Waals surface area contributed by atoms with Crippen LogP contribution in [0.2, 0.25) is 0 Å². The van der Waals surface area contributed by atoms with E-state index in [-0.39, 0.29) is 11.8 Å². The van der Waals surface area contributed by atoms with Gasteiger partial charge in [-0.2, -0.15) is 0 Å². The number of nitrogens with zero attached hydrogens (tertiary/aromatic N) is 4. The summed E-state index contributed by atoms with van der Waals surface area (Å²) < 4.78 is 13.3. The molecule has 2 rings (SSSR count). The monoisotopic (exact) mass is 318 g/mol. The Bertz CT molecular complexity index is 698. The summed E-state index contributed by atoms with van der Waals surface area (Å²) in [6.07, 6.45) is 2.03. The fourth-order valence-electron chi connectivity index (χ4n) is 2.21. The molecular formula is C16H23FN6. The van der Waals surface area contributed by atoms with Crippen molar-refractivity contribution in [2.75, 3.05) is 32.5 Å². The lowest BCUT2D eigenvalue weighted by molar-refractivity contribution is 0.396. The van der Waals surface area contributed by atoms with Crippen LogP contribution in [-0.2, 0) is 0 Å². The number of unbranched alkanes of at least 4 members (excludes halogenated alkanes) is 1. The number of guanidine groups is 1. The molecule has 0 spiro atoms. The molecule has 124 valence electrons. The highest BCUT2D eigenvalue weighted by molar-refractivity contribution is 5.92. The summed E-state index contributed by atoms with van der Waals surface area (Å²) in [5.74, 6) is 0.268. The molecule has 0 radical (unpaired) electrons. The Hall–Kier alpha value is -2.28. The number of hydrogen-bond acceptors (Lipinski definition) is 4. The molecule has 0 aliphatic rings. The first-order chi connectivity index (χ1) is 11.0. The van der Waals surface area contributed by atoms with E-state index in [4.69, 9.17) is 5.73 Å². The topological polar surface area (TPSA) is 79.4 Å². The van der Waals surface area contributed by atoms with Gasteiger partial charge in [-0.3, -0.25) is 10.3 Å². The van der Waals surface area contributed by atoms with Crippen LogP contribution >= 0.6 is 0 Å². The van der Waals surface area contributed by atoms with Gasteiger partial charge in [-0.1, -0.05) is 0 Å². The van der Waals surface area contributed by atoms with Gasteiger partial charge >= 0.3 is 0 Å². The van der Waals surface area contributed by atoms with Gasteiger partial charge in [0.2, 0.25) is 5.95 Å². The third-order valence-corrected chi connectivity index (χ3v) is 3.38. The van der Waals surface area contributed by atoms with Crippen LogP contribution in [0.1, 0.15) is 18.5 Å². The maximum absolute atomic E-state index is 13.3. The van der Waals surface area contributed by atoms with Crippen LogP contribution in [0.25, 0.3) is 10.9 Å². The van der Waals surface area contributed by atoms with Crippen LogP contribution in [-0.4, -0.2) is 48.0 Å². The molecule has 23 heavy (non-hydrogen) atoms. The number of halogens is 1. The molecule has 0 aliphatic carbocycles. The molecule has 6 nitrogen and oxygen atoms in total. The molecule has 0 amide bonds. The number of aliphatic imine (C=N–C) groups is 1. The number of nitrogens with one attached hydrogen (secondary N) is 1. The van der Waals surface area contributed by atoms with E-state index in [9.17, 15) is 4.39 Å². The summed E-state index contributed by atoms with van der Waals surface area (Å²) in [5, 5.41) is 3.68. The molecule has 3 N–H and O–H groups in total. The van der Waals surface area contributed by atoms with Crippen molar-refractivity contribution in [1.82, 2.24) is 14.9 Å². The zero-order valence-electron chi connectivity index (χ0n) is 13.8. The number of aromatic nitrogens is 2. The van der Waals surface area contributed by atoms with E-state index in [1.165, 1.54) is 12.1 Å².